The summed E-state index contributed by atoms with van der Waals surface area (Å²) in [7, 11) is 0. The van der Waals surface area contributed by atoms with Crippen molar-refractivity contribution >= 4 is 29.0 Å². The van der Waals surface area contributed by atoms with Gasteiger partial charge in [0, 0.05) is 29.1 Å². The second kappa shape index (κ2) is 11.4. The number of anilines is 1. The van der Waals surface area contributed by atoms with Crippen molar-refractivity contribution in [3.8, 4) is 11.3 Å². The van der Waals surface area contributed by atoms with Crippen LogP contribution >= 0.6 is 11.8 Å². The predicted octanol–water partition coefficient (Wildman–Crippen LogP) is 6.81. The summed E-state index contributed by atoms with van der Waals surface area (Å²) in [6.07, 6.45) is -2.91. The normalized spacial score (nSPS) is 11.7. The van der Waals surface area contributed by atoms with E-state index in [9.17, 15) is 22.4 Å². The first-order valence-corrected chi connectivity index (χ1v) is 12.9. The summed E-state index contributed by atoms with van der Waals surface area (Å²) in [5.74, 6) is -0.558. The number of hydrogen-bond acceptors (Lipinski definition) is 5. The van der Waals surface area contributed by atoms with Crippen LogP contribution in [0.2, 0.25) is 0 Å². The Hall–Kier alpha value is -3.60. The number of nitrogens with one attached hydrogen (secondary N) is 2. The van der Waals surface area contributed by atoms with E-state index in [1.165, 1.54) is 23.9 Å². The van der Waals surface area contributed by atoms with Crippen LogP contribution in [0, 0.1) is 19.7 Å². The van der Waals surface area contributed by atoms with E-state index in [-0.39, 0.29) is 12.5 Å². The second-order valence-corrected chi connectivity index (χ2v) is 9.93. The molecule has 200 valence electrons. The van der Waals surface area contributed by atoms with Gasteiger partial charge in [-0.3, -0.25) is 4.79 Å². The summed E-state index contributed by atoms with van der Waals surface area (Å²) in [6, 6.07) is 11.4. The van der Waals surface area contributed by atoms with Gasteiger partial charge in [0.05, 0.1) is 24.0 Å². The summed E-state index contributed by atoms with van der Waals surface area (Å²) in [6.45, 7) is 5.88. The second-order valence-electron chi connectivity index (χ2n) is 8.86. The number of benzene rings is 2. The lowest BCUT2D eigenvalue weighted by molar-refractivity contribution is -0.131. The van der Waals surface area contributed by atoms with E-state index in [0.717, 1.165) is 23.1 Å². The van der Waals surface area contributed by atoms with Crippen LogP contribution in [0.25, 0.3) is 16.9 Å². The lowest BCUT2D eigenvalue weighted by Crippen LogP contribution is -2.24. The molecule has 4 rings (SSSR count). The molecule has 0 radical (unpaired) electrons. The van der Waals surface area contributed by atoms with Crippen LogP contribution in [-0.2, 0) is 0 Å². The standard InChI is InChI=1S/C27H27F4N5OS/c1-4-10-33-26(37)20-8-6-18(12-17(20)3)22-15-34-25-21(32-11-9-27(29,30)31)14-24(35-36(22)25)38-23-13-19(28)7-5-16(23)2/h5-8,12-15,32H,4,9-11H2,1-3H3,(H,33,37). The summed E-state index contributed by atoms with van der Waals surface area (Å²) >= 11 is 1.21. The number of amides is 1. The molecule has 0 spiro atoms. The lowest BCUT2D eigenvalue weighted by Gasteiger charge is -2.13. The molecule has 0 aliphatic rings. The molecule has 0 aliphatic heterocycles. The maximum absolute atomic E-state index is 13.9. The topological polar surface area (TPSA) is 71.3 Å². The van der Waals surface area contributed by atoms with Gasteiger partial charge >= 0.3 is 6.18 Å². The zero-order chi connectivity index (χ0) is 27.4. The van der Waals surface area contributed by atoms with Gasteiger partial charge in [-0.1, -0.05) is 30.8 Å². The quantitative estimate of drug-likeness (QED) is 0.226. The predicted molar refractivity (Wildman–Crippen MR) is 140 cm³/mol. The summed E-state index contributed by atoms with van der Waals surface area (Å²) in [4.78, 5) is 17.5. The number of nitrogens with zero attached hydrogens (tertiary/aromatic N) is 3. The summed E-state index contributed by atoms with van der Waals surface area (Å²) in [5, 5.41) is 10.8. The Balaban J connectivity index is 1.75. The first kappa shape index (κ1) is 27.4. The fourth-order valence-electron chi connectivity index (χ4n) is 3.87. The van der Waals surface area contributed by atoms with E-state index in [2.05, 4.69) is 20.7 Å². The minimum Gasteiger partial charge on any atom is -0.382 e. The largest absolute Gasteiger partial charge is 0.390 e. The van der Waals surface area contributed by atoms with E-state index >= 15 is 0 Å². The highest BCUT2D eigenvalue weighted by Gasteiger charge is 2.26. The third-order valence-corrected chi connectivity index (χ3v) is 6.90. The van der Waals surface area contributed by atoms with Gasteiger partial charge in [0.2, 0.25) is 0 Å². The molecule has 2 heterocycles. The van der Waals surface area contributed by atoms with Gasteiger partial charge < -0.3 is 10.6 Å². The molecule has 38 heavy (non-hydrogen) atoms. The Morgan fingerprint density at radius 3 is 2.55 bits per heavy atom. The average Bonchev–Trinajstić information content (AvgIpc) is 3.28. The van der Waals surface area contributed by atoms with E-state index < -0.39 is 18.4 Å². The molecule has 2 aromatic carbocycles. The molecule has 0 unspecified atom stereocenters. The molecule has 0 fully saturated rings. The van der Waals surface area contributed by atoms with Crippen molar-refractivity contribution in [2.75, 3.05) is 18.4 Å². The Morgan fingerprint density at radius 1 is 1.05 bits per heavy atom. The minimum absolute atomic E-state index is 0.160. The van der Waals surface area contributed by atoms with Crippen LogP contribution in [0.3, 0.4) is 0 Å². The molecule has 0 saturated carbocycles. The molecule has 2 aromatic heterocycles. The SMILES string of the molecule is CCCNC(=O)c1ccc(-c2cnc3c(NCCC(F)(F)F)cc(Sc4cc(F)ccc4C)nn23)cc1C. The van der Waals surface area contributed by atoms with Crippen LogP contribution < -0.4 is 10.6 Å². The highest BCUT2D eigenvalue weighted by atomic mass is 32.2. The number of aryl methyl sites for hydroxylation is 2. The van der Waals surface area contributed by atoms with Crippen LogP contribution in [0.15, 0.2) is 58.6 Å². The average molecular weight is 546 g/mol. The third-order valence-electron chi connectivity index (χ3n) is 5.84. The fourth-order valence-corrected chi connectivity index (χ4v) is 4.79. The summed E-state index contributed by atoms with van der Waals surface area (Å²) in [5.41, 5.74) is 4.21. The number of aromatic nitrogens is 3. The van der Waals surface area contributed by atoms with Gasteiger partial charge in [-0.15, -0.1) is 0 Å². The molecule has 4 aromatic rings. The number of carbonyl (C=O) groups excluding carboxylic acids is 1. The lowest BCUT2D eigenvalue weighted by atomic mass is 10.0. The van der Waals surface area contributed by atoms with Crippen molar-refractivity contribution in [1.29, 1.82) is 0 Å². The molecule has 2 N–H and O–H groups in total. The number of imidazole rings is 1. The number of halogens is 4. The van der Waals surface area contributed by atoms with Gasteiger partial charge in [0.25, 0.3) is 5.91 Å². The Morgan fingerprint density at radius 2 is 1.84 bits per heavy atom. The van der Waals surface area contributed by atoms with E-state index in [1.807, 2.05) is 26.8 Å². The Bertz CT molecular complexity index is 1470. The van der Waals surface area contributed by atoms with Crippen LogP contribution in [0.5, 0.6) is 0 Å². The molecule has 0 bridgehead atoms. The van der Waals surface area contributed by atoms with Gasteiger partial charge in [-0.05, 0) is 61.7 Å². The highest BCUT2D eigenvalue weighted by Crippen LogP contribution is 2.34. The third kappa shape index (κ3) is 6.45. The maximum atomic E-state index is 13.9. The zero-order valence-corrected chi connectivity index (χ0v) is 21.9. The van der Waals surface area contributed by atoms with Crippen LogP contribution in [-0.4, -0.2) is 39.8 Å². The summed E-state index contributed by atoms with van der Waals surface area (Å²) < 4.78 is 53.9. The molecular formula is C27H27F4N5OS. The molecule has 0 saturated heterocycles. The Labute approximate surface area is 221 Å². The van der Waals surface area contributed by atoms with Crippen LogP contribution in [0.1, 0.15) is 41.3 Å². The monoisotopic (exact) mass is 545 g/mol. The van der Waals surface area contributed by atoms with Crippen molar-refractivity contribution in [3.63, 3.8) is 0 Å². The first-order valence-electron chi connectivity index (χ1n) is 12.1. The Kier molecular flexibility index (Phi) is 8.25. The first-order chi connectivity index (χ1) is 18.1. The smallest absolute Gasteiger partial charge is 0.382 e. The van der Waals surface area contributed by atoms with Gasteiger partial charge in [-0.25, -0.2) is 13.9 Å². The van der Waals surface area contributed by atoms with E-state index in [4.69, 9.17) is 0 Å². The van der Waals surface area contributed by atoms with Crippen molar-refractivity contribution < 1.29 is 22.4 Å². The number of alkyl halides is 3. The van der Waals surface area contributed by atoms with Crippen molar-refractivity contribution in [1.82, 2.24) is 19.9 Å². The molecular weight excluding hydrogens is 518 g/mol. The molecule has 6 nitrogen and oxygen atoms in total. The van der Waals surface area contributed by atoms with Gasteiger partial charge in [0.1, 0.15) is 10.8 Å². The van der Waals surface area contributed by atoms with E-state index in [1.54, 1.807) is 35.0 Å². The molecule has 11 heteroatoms. The van der Waals surface area contributed by atoms with Crippen molar-refractivity contribution in [2.24, 2.45) is 0 Å². The van der Waals surface area contributed by atoms with Gasteiger partial charge in [-0.2, -0.15) is 18.3 Å². The molecule has 0 atom stereocenters. The van der Waals surface area contributed by atoms with E-state index in [0.29, 0.717) is 39.1 Å². The zero-order valence-electron chi connectivity index (χ0n) is 21.1. The van der Waals surface area contributed by atoms with Crippen molar-refractivity contribution in [3.05, 3.63) is 71.2 Å². The maximum Gasteiger partial charge on any atom is 0.390 e. The number of hydrogen-bond donors (Lipinski definition) is 2. The molecule has 0 aliphatic carbocycles. The minimum atomic E-state index is -4.31. The van der Waals surface area contributed by atoms with Crippen molar-refractivity contribution in [2.45, 2.75) is 49.7 Å². The highest BCUT2D eigenvalue weighted by molar-refractivity contribution is 7.99. The fraction of sp³-hybridized carbons (Fsp3) is 0.296. The van der Waals surface area contributed by atoms with Gasteiger partial charge in [0.15, 0.2) is 5.65 Å². The number of rotatable bonds is 9. The number of fused-ring (bicyclic) bond motifs is 1. The number of carbonyl (C=O) groups is 1. The van der Waals surface area contributed by atoms with Crippen LogP contribution in [0.4, 0.5) is 23.2 Å². The molecule has 1 amide bonds.